The van der Waals surface area contributed by atoms with E-state index >= 15 is 0 Å². The number of rotatable bonds is 6. The van der Waals surface area contributed by atoms with E-state index in [1.165, 1.54) is 13.2 Å². The highest BCUT2D eigenvalue weighted by Gasteiger charge is 2.14. The van der Waals surface area contributed by atoms with Crippen molar-refractivity contribution in [1.82, 2.24) is 10.6 Å². The smallest absolute Gasteiger partial charge is 0.191 e. The molecule has 28 heavy (non-hydrogen) atoms. The molecule has 154 valence electrons. The minimum absolute atomic E-state index is 0. The maximum Gasteiger partial charge on any atom is 0.191 e. The lowest BCUT2D eigenvalue weighted by atomic mass is 10.1. The summed E-state index contributed by atoms with van der Waals surface area (Å²) in [6.07, 6.45) is 0. The molecule has 0 saturated carbocycles. The summed E-state index contributed by atoms with van der Waals surface area (Å²) in [5.41, 5.74) is 1.56. The Labute approximate surface area is 183 Å². The van der Waals surface area contributed by atoms with Gasteiger partial charge in [0.2, 0.25) is 0 Å². The second-order valence-electron chi connectivity index (χ2n) is 7.07. The van der Waals surface area contributed by atoms with E-state index in [0.29, 0.717) is 19.0 Å². The summed E-state index contributed by atoms with van der Waals surface area (Å²) in [7, 11) is 3.14. The number of aliphatic imine (C=N–C) groups is 1. The highest BCUT2D eigenvalue weighted by atomic mass is 127. The average Bonchev–Trinajstić information content (AvgIpc) is 2.62. The Hall–Kier alpha value is -2.03. The third-order valence-electron chi connectivity index (χ3n) is 3.73. The van der Waals surface area contributed by atoms with Gasteiger partial charge in [-0.1, -0.05) is 24.3 Å². The maximum absolute atomic E-state index is 13.8. The Morgan fingerprint density at radius 3 is 2.32 bits per heavy atom. The topological polar surface area (TPSA) is 54.9 Å². The Morgan fingerprint density at radius 1 is 1.04 bits per heavy atom. The molecule has 0 aromatic heterocycles. The van der Waals surface area contributed by atoms with E-state index in [2.05, 4.69) is 15.6 Å². The zero-order chi connectivity index (χ0) is 19.9. The van der Waals surface area contributed by atoms with Gasteiger partial charge in [0.05, 0.1) is 7.11 Å². The van der Waals surface area contributed by atoms with Crippen molar-refractivity contribution >= 4 is 29.9 Å². The van der Waals surface area contributed by atoms with Gasteiger partial charge in [-0.2, -0.15) is 0 Å². The zero-order valence-electron chi connectivity index (χ0n) is 17.0. The number of ether oxygens (including phenoxy) is 2. The molecule has 0 aliphatic carbocycles. The lowest BCUT2D eigenvalue weighted by Gasteiger charge is -2.23. The van der Waals surface area contributed by atoms with Crippen molar-refractivity contribution in [3.8, 4) is 11.5 Å². The van der Waals surface area contributed by atoms with Crippen LogP contribution in [0.3, 0.4) is 0 Å². The lowest BCUT2D eigenvalue weighted by Crippen LogP contribution is -2.36. The van der Waals surface area contributed by atoms with E-state index < -0.39 is 0 Å². The van der Waals surface area contributed by atoms with Gasteiger partial charge in [0.1, 0.15) is 11.4 Å². The summed E-state index contributed by atoms with van der Waals surface area (Å²) in [5.74, 6) is 1.31. The van der Waals surface area contributed by atoms with Crippen LogP contribution in [0.4, 0.5) is 4.39 Å². The van der Waals surface area contributed by atoms with E-state index in [-0.39, 0.29) is 41.1 Å². The molecule has 0 unspecified atom stereocenters. The van der Waals surface area contributed by atoms with Crippen LogP contribution < -0.4 is 20.1 Å². The molecule has 7 heteroatoms. The van der Waals surface area contributed by atoms with Crippen molar-refractivity contribution in [2.45, 2.75) is 39.5 Å². The molecule has 0 bridgehead atoms. The van der Waals surface area contributed by atoms with Crippen LogP contribution in [0.15, 0.2) is 47.5 Å². The molecule has 5 nitrogen and oxygen atoms in total. The van der Waals surface area contributed by atoms with Crippen molar-refractivity contribution in [3.05, 3.63) is 59.4 Å². The third-order valence-corrected chi connectivity index (χ3v) is 3.73. The van der Waals surface area contributed by atoms with Crippen molar-refractivity contribution in [1.29, 1.82) is 0 Å². The normalized spacial score (nSPS) is 11.4. The first kappa shape index (κ1) is 24.0. The summed E-state index contributed by atoms with van der Waals surface area (Å²) < 4.78 is 24.7. The Kier molecular flexibility index (Phi) is 9.51. The minimum atomic E-state index is -0.381. The summed E-state index contributed by atoms with van der Waals surface area (Å²) in [5, 5.41) is 6.44. The molecule has 0 saturated heterocycles. The molecule has 2 aromatic rings. The molecule has 0 spiro atoms. The van der Waals surface area contributed by atoms with Crippen LogP contribution in [-0.4, -0.2) is 25.7 Å². The van der Waals surface area contributed by atoms with E-state index in [1.54, 1.807) is 13.1 Å². The van der Waals surface area contributed by atoms with E-state index in [1.807, 2.05) is 51.1 Å². The maximum atomic E-state index is 13.8. The molecule has 2 N–H and O–H groups in total. The van der Waals surface area contributed by atoms with Gasteiger partial charge in [-0.25, -0.2) is 4.39 Å². The Morgan fingerprint density at radius 2 is 1.71 bits per heavy atom. The predicted molar refractivity (Wildman–Crippen MR) is 122 cm³/mol. The molecule has 0 heterocycles. The van der Waals surface area contributed by atoms with Crippen molar-refractivity contribution < 1.29 is 13.9 Å². The second kappa shape index (κ2) is 11.1. The number of guanidine groups is 1. The number of nitrogens with one attached hydrogen (secondary N) is 2. The number of methoxy groups -OCH3 is 1. The molecule has 2 rings (SSSR count). The van der Waals surface area contributed by atoms with Crippen LogP contribution in [0.25, 0.3) is 0 Å². The van der Waals surface area contributed by atoms with E-state index in [9.17, 15) is 4.39 Å². The second-order valence-corrected chi connectivity index (χ2v) is 7.07. The molecule has 0 amide bonds. The summed E-state index contributed by atoms with van der Waals surface area (Å²) in [4.78, 5) is 4.21. The number of hydrogen-bond donors (Lipinski definition) is 2. The molecule has 0 aliphatic rings. The summed E-state index contributed by atoms with van der Waals surface area (Å²) in [6, 6.07) is 12.8. The molecule has 0 radical (unpaired) electrons. The number of benzene rings is 2. The fourth-order valence-electron chi connectivity index (χ4n) is 2.48. The standard InChI is InChI=1S/C21H28FN3O2.HI/c1-21(2,3)27-18-9-7-6-8-16(18)14-25-20(23-4)24-13-15-10-11-19(26-5)17(22)12-15;/h6-12H,13-14H2,1-5H3,(H2,23,24,25);1H. The summed E-state index contributed by atoms with van der Waals surface area (Å²) in [6.45, 7) is 7.06. The molecular formula is C21H29FIN3O2. The van der Waals surface area contributed by atoms with Crippen LogP contribution in [0.5, 0.6) is 11.5 Å². The van der Waals surface area contributed by atoms with Gasteiger partial charge in [0, 0.05) is 25.7 Å². The fraction of sp³-hybridized carbons (Fsp3) is 0.381. The molecule has 0 aliphatic heterocycles. The zero-order valence-corrected chi connectivity index (χ0v) is 19.3. The van der Waals surface area contributed by atoms with Crippen LogP contribution in [-0.2, 0) is 13.1 Å². The summed E-state index contributed by atoms with van der Waals surface area (Å²) >= 11 is 0. The van der Waals surface area contributed by atoms with Crippen LogP contribution in [0, 0.1) is 5.82 Å². The van der Waals surface area contributed by atoms with Crippen LogP contribution in [0.2, 0.25) is 0 Å². The number of para-hydroxylation sites is 1. The Bertz CT molecular complexity index is 791. The van der Waals surface area contributed by atoms with Gasteiger partial charge >= 0.3 is 0 Å². The van der Waals surface area contributed by atoms with Gasteiger partial charge in [-0.15, -0.1) is 24.0 Å². The van der Waals surface area contributed by atoms with Gasteiger partial charge in [-0.3, -0.25) is 4.99 Å². The van der Waals surface area contributed by atoms with Gasteiger partial charge in [0.15, 0.2) is 17.5 Å². The monoisotopic (exact) mass is 501 g/mol. The lowest BCUT2D eigenvalue weighted by molar-refractivity contribution is 0.129. The largest absolute Gasteiger partial charge is 0.494 e. The first-order chi connectivity index (χ1) is 12.8. The molecular weight excluding hydrogens is 472 g/mol. The van der Waals surface area contributed by atoms with Gasteiger partial charge in [0.25, 0.3) is 0 Å². The minimum Gasteiger partial charge on any atom is -0.494 e. The average molecular weight is 501 g/mol. The van der Waals surface area contributed by atoms with Crippen molar-refractivity contribution in [2.75, 3.05) is 14.2 Å². The first-order valence-electron chi connectivity index (χ1n) is 8.86. The molecule has 2 aromatic carbocycles. The van der Waals surface area contributed by atoms with Crippen LogP contribution in [0.1, 0.15) is 31.9 Å². The molecule has 0 fully saturated rings. The van der Waals surface area contributed by atoms with Gasteiger partial charge < -0.3 is 20.1 Å². The number of halogens is 2. The Balaban J connectivity index is 0.00000392. The first-order valence-corrected chi connectivity index (χ1v) is 8.86. The van der Waals surface area contributed by atoms with E-state index in [4.69, 9.17) is 9.47 Å². The highest BCUT2D eigenvalue weighted by Crippen LogP contribution is 2.23. The quantitative estimate of drug-likeness (QED) is 0.348. The van der Waals surface area contributed by atoms with Crippen LogP contribution >= 0.6 is 24.0 Å². The van der Waals surface area contributed by atoms with Crippen molar-refractivity contribution in [3.63, 3.8) is 0 Å². The third kappa shape index (κ3) is 7.53. The number of nitrogens with zero attached hydrogens (tertiary/aromatic N) is 1. The predicted octanol–water partition coefficient (Wildman–Crippen LogP) is 4.49. The molecule has 0 atom stereocenters. The highest BCUT2D eigenvalue weighted by molar-refractivity contribution is 14.0. The van der Waals surface area contributed by atoms with Gasteiger partial charge in [-0.05, 0) is 44.5 Å². The number of hydrogen-bond acceptors (Lipinski definition) is 3. The SMILES string of the molecule is CN=C(NCc1ccc(OC)c(F)c1)NCc1ccccc1OC(C)(C)C.I. The van der Waals surface area contributed by atoms with E-state index in [0.717, 1.165) is 16.9 Å². The fourth-order valence-corrected chi connectivity index (χ4v) is 2.48. The van der Waals surface area contributed by atoms with Crippen molar-refractivity contribution in [2.24, 2.45) is 4.99 Å².